The Balaban J connectivity index is 0.00000180. The zero-order valence-electron chi connectivity index (χ0n) is 12.4. The van der Waals surface area contributed by atoms with Crippen molar-refractivity contribution < 1.29 is 4.74 Å². The first-order valence-electron chi connectivity index (χ1n) is 6.91. The number of hydrogen-bond acceptors (Lipinski definition) is 4. The number of methoxy groups -OCH3 is 1. The van der Waals surface area contributed by atoms with Gasteiger partial charge in [0.05, 0.1) is 6.10 Å². The van der Waals surface area contributed by atoms with Crippen molar-refractivity contribution in [3.63, 3.8) is 0 Å². The molecule has 3 atom stereocenters. The van der Waals surface area contributed by atoms with Gasteiger partial charge < -0.3 is 10.5 Å². The topological polar surface area (TPSA) is 66.0 Å². The molecule has 20 heavy (non-hydrogen) atoms. The predicted octanol–water partition coefficient (Wildman–Crippen LogP) is 2.31. The Hall–Kier alpha value is -0.360. The van der Waals surface area contributed by atoms with Crippen LogP contribution in [0.15, 0.2) is 0 Å². The van der Waals surface area contributed by atoms with Gasteiger partial charge in [-0.15, -0.1) is 24.8 Å². The van der Waals surface area contributed by atoms with Crippen LogP contribution < -0.4 is 5.73 Å². The SMILES string of the molecule is CCc1nc([C@H]2CC[C@@H](N)[C@H](OC)C2)n(CC)n1.Cl.Cl. The Morgan fingerprint density at radius 3 is 2.55 bits per heavy atom. The van der Waals surface area contributed by atoms with Crippen molar-refractivity contribution in [1.29, 1.82) is 0 Å². The molecule has 7 heteroatoms. The van der Waals surface area contributed by atoms with Gasteiger partial charge in [-0.1, -0.05) is 6.92 Å². The minimum atomic E-state index is 0. The van der Waals surface area contributed by atoms with Gasteiger partial charge in [-0.3, -0.25) is 0 Å². The van der Waals surface area contributed by atoms with Crippen LogP contribution in [-0.4, -0.2) is 34.0 Å². The molecule has 0 radical (unpaired) electrons. The summed E-state index contributed by atoms with van der Waals surface area (Å²) in [5.74, 6) is 2.49. The van der Waals surface area contributed by atoms with E-state index in [9.17, 15) is 0 Å². The molecule has 1 saturated carbocycles. The van der Waals surface area contributed by atoms with Crippen molar-refractivity contribution in [1.82, 2.24) is 14.8 Å². The Kier molecular flexibility index (Phi) is 8.66. The normalized spacial score (nSPS) is 25.7. The highest BCUT2D eigenvalue weighted by Crippen LogP contribution is 2.32. The van der Waals surface area contributed by atoms with Gasteiger partial charge in [-0.05, 0) is 26.2 Å². The molecule has 2 rings (SSSR count). The van der Waals surface area contributed by atoms with Crippen LogP contribution in [0.1, 0.15) is 50.7 Å². The smallest absolute Gasteiger partial charge is 0.150 e. The lowest BCUT2D eigenvalue weighted by Gasteiger charge is -2.32. The van der Waals surface area contributed by atoms with E-state index in [1.807, 2.05) is 4.68 Å². The molecule has 0 saturated heterocycles. The molecule has 0 aromatic carbocycles. The maximum absolute atomic E-state index is 6.06. The fraction of sp³-hybridized carbons (Fsp3) is 0.846. The summed E-state index contributed by atoms with van der Waals surface area (Å²) >= 11 is 0. The van der Waals surface area contributed by atoms with E-state index >= 15 is 0 Å². The van der Waals surface area contributed by atoms with Crippen LogP contribution in [0, 0.1) is 0 Å². The number of ether oxygens (including phenoxy) is 1. The molecule has 118 valence electrons. The maximum Gasteiger partial charge on any atom is 0.150 e. The third-order valence-corrected chi connectivity index (χ3v) is 3.87. The van der Waals surface area contributed by atoms with E-state index in [0.717, 1.165) is 43.9 Å². The molecule has 1 aromatic rings. The zero-order valence-corrected chi connectivity index (χ0v) is 14.0. The van der Waals surface area contributed by atoms with Gasteiger partial charge in [0.15, 0.2) is 5.82 Å². The Morgan fingerprint density at radius 1 is 1.30 bits per heavy atom. The molecule has 1 aliphatic rings. The molecule has 0 amide bonds. The van der Waals surface area contributed by atoms with Crippen LogP contribution in [0.4, 0.5) is 0 Å². The second-order valence-electron chi connectivity index (χ2n) is 5.00. The number of nitrogens with zero attached hydrogens (tertiary/aromatic N) is 3. The highest BCUT2D eigenvalue weighted by Gasteiger charge is 2.31. The van der Waals surface area contributed by atoms with E-state index in [-0.39, 0.29) is 37.0 Å². The van der Waals surface area contributed by atoms with Crippen LogP contribution in [0.3, 0.4) is 0 Å². The monoisotopic (exact) mass is 324 g/mol. The van der Waals surface area contributed by atoms with Crippen LogP contribution >= 0.6 is 24.8 Å². The van der Waals surface area contributed by atoms with E-state index in [2.05, 4.69) is 23.9 Å². The van der Waals surface area contributed by atoms with Gasteiger partial charge in [-0.2, -0.15) is 5.10 Å². The molecule has 0 aliphatic heterocycles. The number of nitrogens with two attached hydrogens (primary N) is 1. The number of aromatic nitrogens is 3. The quantitative estimate of drug-likeness (QED) is 0.922. The third-order valence-electron chi connectivity index (χ3n) is 3.87. The minimum absolute atomic E-state index is 0. The van der Waals surface area contributed by atoms with Gasteiger partial charge in [0.1, 0.15) is 5.82 Å². The summed E-state index contributed by atoms with van der Waals surface area (Å²) in [6.07, 6.45) is 4.08. The van der Waals surface area contributed by atoms with Crippen molar-refractivity contribution in [2.75, 3.05) is 7.11 Å². The first-order chi connectivity index (χ1) is 8.69. The van der Waals surface area contributed by atoms with Crippen molar-refractivity contribution >= 4 is 24.8 Å². The van der Waals surface area contributed by atoms with E-state index in [1.54, 1.807) is 7.11 Å². The summed E-state index contributed by atoms with van der Waals surface area (Å²) in [6.45, 7) is 5.08. The van der Waals surface area contributed by atoms with Gasteiger partial charge in [0.25, 0.3) is 0 Å². The number of hydrogen-bond donors (Lipinski definition) is 1. The first kappa shape index (κ1) is 19.6. The summed E-state index contributed by atoms with van der Waals surface area (Å²) in [5, 5.41) is 4.53. The minimum Gasteiger partial charge on any atom is -0.380 e. The van der Waals surface area contributed by atoms with Crippen molar-refractivity contribution in [3.05, 3.63) is 11.6 Å². The van der Waals surface area contributed by atoms with Crippen LogP contribution in [0.2, 0.25) is 0 Å². The lowest BCUT2D eigenvalue weighted by molar-refractivity contribution is 0.0456. The average molecular weight is 325 g/mol. The molecule has 2 N–H and O–H groups in total. The fourth-order valence-corrected chi connectivity index (χ4v) is 2.75. The number of rotatable bonds is 4. The summed E-state index contributed by atoms with van der Waals surface area (Å²) in [4.78, 5) is 4.67. The molecular formula is C13H26Cl2N4O. The lowest BCUT2D eigenvalue weighted by Crippen LogP contribution is -2.41. The highest BCUT2D eigenvalue weighted by molar-refractivity contribution is 5.85. The summed E-state index contributed by atoms with van der Waals surface area (Å²) in [5.41, 5.74) is 6.06. The van der Waals surface area contributed by atoms with Crippen LogP contribution in [0.25, 0.3) is 0 Å². The zero-order chi connectivity index (χ0) is 13.1. The van der Waals surface area contributed by atoms with Gasteiger partial charge in [-0.25, -0.2) is 9.67 Å². The van der Waals surface area contributed by atoms with Gasteiger partial charge >= 0.3 is 0 Å². The van der Waals surface area contributed by atoms with E-state index in [0.29, 0.717) is 5.92 Å². The fourth-order valence-electron chi connectivity index (χ4n) is 2.75. The Labute approximate surface area is 133 Å². The summed E-state index contributed by atoms with van der Waals surface area (Å²) < 4.78 is 7.51. The molecule has 5 nitrogen and oxygen atoms in total. The van der Waals surface area contributed by atoms with Crippen LogP contribution in [0.5, 0.6) is 0 Å². The van der Waals surface area contributed by atoms with E-state index in [4.69, 9.17) is 10.5 Å². The number of aryl methyl sites for hydroxylation is 2. The largest absolute Gasteiger partial charge is 0.380 e. The molecule has 1 aromatic heterocycles. The maximum atomic E-state index is 6.06. The molecule has 1 heterocycles. The predicted molar refractivity (Wildman–Crippen MR) is 84.9 cm³/mol. The van der Waals surface area contributed by atoms with E-state index in [1.165, 1.54) is 0 Å². The molecule has 1 fully saturated rings. The summed E-state index contributed by atoms with van der Waals surface area (Å²) in [6, 6.07) is 0.162. The second-order valence-corrected chi connectivity index (χ2v) is 5.00. The molecule has 0 bridgehead atoms. The standard InChI is InChI=1S/C13H24N4O.2ClH/c1-4-12-15-13(17(5-2)16-12)9-6-7-10(14)11(8-9)18-3;;/h9-11H,4-8,14H2,1-3H3;2*1H/t9-,10+,11+;;/m0../s1. The third kappa shape index (κ3) is 4.07. The van der Waals surface area contributed by atoms with Crippen molar-refractivity contribution in [3.8, 4) is 0 Å². The molecular weight excluding hydrogens is 299 g/mol. The summed E-state index contributed by atoms with van der Waals surface area (Å²) in [7, 11) is 1.74. The average Bonchev–Trinajstić information content (AvgIpc) is 2.82. The highest BCUT2D eigenvalue weighted by atomic mass is 35.5. The van der Waals surface area contributed by atoms with Gasteiger partial charge in [0.2, 0.25) is 0 Å². The first-order valence-corrected chi connectivity index (χ1v) is 6.91. The Morgan fingerprint density at radius 2 is 2.00 bits per heavy atom. The molecule has 0 spiro atoms. The molecule has 1 aliphatic carbocycles. The second kappa shape index (κ2) is 8.82. The van der Waals surface area contributed by atoms with E-state index < -0.39 is 0 Å². The van der Waals surface area contributed by atoms with Crippen molar-refractivity contribution in [2.45, 2.75) is 64.1 Å². The molecule has 0 unspecified atom stereocenters. The Bertz CT molecular complexity index is 400. The van der Waals surface area contributed by atoms with Gasteiger partial charge in [0, 0.05) is 32.0 Å². The lowest BCUT2D eigenvalue weighted by atomic mass is 9.83. The number of halogens is 2. The van der Waals surface area contributed by atoms with Crippen molar-refractivity contribution in [2.24, 2.45) is 5.73 Å². The van der Waals surface area contributed by atoms with Crippen LogP contribution in [-0.2, 0) is 17.7 Å².